The zero-order chi connectivity index (χ0) is 15.4. The Morgan fingerprint density at radius 2 is 2.29 bits per heavy atom. The third kappa shape index (κ3) is 3.83. The number of nitrogens with zero attached hydrogens (tertiary/aromatic N) is 1. The molecule has 1 saturated heterocycles. The molecule has 116 valence electrons. The molecular weight excluding hydrogens is 288 g/mol. The maximum Gasteiger partial charge on any atom is 0.303 e. The second-order valence-electron chi connectivity index (χ2n) is 5.46. The first-order chi connectivity index (χ1) is 10.0. The molecule has 0 bridgehead atoms. The van der Waals surface area contributed by atoms with Gasteiger partial charge in [0.2, 0.25) is 0 Å². The molecule has 0 spiro atoms. The van der Waals surface area contributed by atoms with E-state index in [9.17, 15) is 9.59 Å². The highest BCUT2D eigenvalue weighted by Crippen LogP contribution is 2.24. The van der Waals surface area contributed by atoms with Crippen LogP contribution in [0.1, 0.15) is 34.1 Å². The average Bonchev–Trinajstić information content (AvgIpc) is 2.65. The first-order valence-corrected chi connectivity index (χ1v) is 8.19. The number of hydrogen-bond acceptors (Lipinski definition) is 4. The molecule has 2 rings (SSSR count). The third-order valence-electron chi connectivity index (χ3n) is 3.91. The molecule has 1 aliphatic heterocycles. The van der Waals surface area contributed by atoms with Gasteiger partial charge in [-0.05, 0) is 24.8 Å². The van der Waals surface area contributed by atoms with Gasteiger partial charge in [0.1, 0.15) is 0 Å². The van der Waals surface area contributed by atoms with Crippen LogP contribution in [0.15, 0.2) is 5.38 Å². The van der Waals surface area contributed by atoms with Crippen molar-refractivity contribution in [2.45, 2.75) is 26.7 Å². The number of carbonyl (C=O) groups excluding carboxylic acids is 1. The number of rotatable bonds is 4. The van der Waals surface area contributed by atoms with Gasteiger partial charge in [0.05, 0.1) is 12.0 Å². The lowest BCUT2D eigenvalue weighted by molar-refractivity contribution is -0.138. The normalized spacial score (nSPS) is 19.3. The second kappa shape index (κ2) is 7.04. The summed E-state index contributed by atoms with van der Waals surface area (Å²) in [5, 5.41) is 14.1. The fourth-order valence-electron chi connectivity index (χ4n) is 2.82. The number of carboxylic acids is 1. The van der Waals surface area contributed by atoms with Gasteiger partial charge in [-0.3, -0.25) is 9.59 Å². The van der Waals surface area contributed by atoms with Gasteiger partial charge in [-0.15, -0.1) is 11.3 Å². The third-order valence-corrected chi connectivity index (χ3v) is 4.86. The van der Waals surface area contributed by atoms with Crippen molar-refractivity contribution < 1.29 is 14.7 Å². The summed E-state index contributed by atoms with van der Waals surface area (Å²) in [4.78, 5) is 26.6. The Balaban J connectivity index is 2.14. The predicted octanol–water partition coefficient (Wildman–Crippen LogP) is 1.76. The van der Waals surface area contributed by atoms with E-state index in [0.717, 1.165) is 17.5 Å². The lowest BCUT2D eigenvalue weighted by atomic mass is 10.0. The summed E-state index contributed by atoms with van der Waals surface area (Å²) in [6.45, 7) is 6.61. The van der Waals surface area contributed by atoms with E-state index in [1.165, 1.54) is 4.88 Å². The molecule has 2 heterocycles. The van der Waals surface area contributed by atoms with Crippen LogP contribution in [0.2, 0.25) is 0 Å². The fourth-order valence-corrected chi connectivity index (χ4v) is 3.76. The van der Waals surface area contributed by atoms with E-state index in [2.05, 4.69) is 12.2 Å². The molecule has 0 aliphatic carbocycles. The van der Waals surface area contributed by atoms with Crippen LogP contribution in [0.3, 0.4) is 0 Å². The minimum absolute atomic E-state index is 0.0289. The van der Waals surface area contributed by atoms with Crippen molar-refractivity contribution in [2.75, 3.05) is 26.2 Å². The van der Waals surface area contributed by atoms with Crippen LogP contribution in [-0.2, 0) is 11.2 Å². The average molecular weight is 310 g/mol. The molecule has 6 heteroatoms. The summed E-state index contributed by atoms with van der Waals surface area (Å²) in [5.41, 5.74) is 1.91. The van der Waals surface area contributed by atoms with Crippen LogP contribution in [0.4, 0.5) is 0 Å². The second-order valence-corrected chi connectivity index (χ2v) is 6.54. The molecule has 0 radical (unpaired) electrons. The van der Waals surface area contributed by atoms with E-state index in [4.69, 9.17) is 5.11 Å². The van der Waals surface area contributed by atoms with Gasteiger partial charge in [-0.2, -0.15) is 0 Å². The predicted molar refractivity (Wildman–Crippen MR) is 83.0 cm³/mol. The summed E-state index contributed by atoms with van der Waals surface area (Å²) >= 11 is 1.61. The minimum Gasteiger partial charge on any atom is -0.481 e. The van der Waals surface area contributed by atoms with Gasteiger partial charge in [0.25, 0.3) is 5.91 Å². The van der Waals surface area contributed by atoms with Crippen LogP contribution in [0.5, 0.6) is 0 Å². The van der Waals surface area contributed by atoms with Crippen LogP contribution < -0.4 is 5.32 Å². The standard InChI is InChI=1S/C15H22N2O3S/c1-3-12-10(2)21-9-13(12)15(20)17-5-4-16-7-11(8-17)6-14(18)19/h9,11,16H,3-8H2,1-2H3,(H,18,19)/t11-/m0/s1. The van der Waals surface area contributed by atoms with Crippen LogP contribution in [0, 0.1) is 12.8 Å². The molecule has 1 aliphatic rings. The lowest BCUT2D eigenvalue weighted by Crippen LogP contribution is -2.36. The van der Waals surface area contributed by atoms with Crippen molar-refractivity contribution in [3.63, 3.8) is 0 Å². The molecule has 0 aromatic carbocycles. The topological polar surface area (TPSA) is 69.6 Å². The Labute approximate surface area is 129 Å². The van der Waals surface area contributed by atoms with Crippen molar-refractivity contribution in [3.05, 3.63) is 21.4 Å². The van der Waals surface area contributed by atoms with Crippen LogP contribution >= 0.6 is 11.3 Å². The smallest absolute Gasteiger partial charge is 0.303 e. The number of aryl methyl sites for hydroxylation is 1. The van der Waals surface area contributed by atoms with E-state index in [1.807, 2.05) is 12.3 Å². The lowest BCUT2D eigenvalue weighted by Gasteiger charge is -2.23. The number of amides is 1. The number of hydrogen-bond donors (Lipinski definition) is 2. The van der Waals surface area contributed by atoms with Gasteiger partial charge in [0.15, 0.2) is 0 Å². The molecule has 1 fully saturated rings. The van der Waals surface area contributed by atoms with Gasteiger partial charge in [0, 0.05) is 36.4 Å². The molecule has 0 saturated carbocycles. The monoisotopic (exact) mass is 310 g/mol. The first-order valence-electron chi connectivity index (χ1n) is 7.31. The molecule has 5 nitrogen and oxygen atoms in total. The Hall–Kier alpha value is -1.40. The highest BCUT2D eigenvalue weighted by atomic mass is 32.1. The Bertz CT molecular complexity index is 527. The van der Waals surface area contributed by atoms with E-state index < -0.39 is 5.97 Å². The van der Waals surface area contributed by atoms with Gasteiger partial charge >= 0.3 is 5.97 Å². The fraction of sp³-hybridized carbons (Fsp3) is 0.600. The van der Waals surface area contributed by atoms with Crippen molar-refractivity contribution >= 4 is 23.2 Å². The SMILES string of the molecule is CCc1c(C(=O)N2CCNC[C@H](CC(=O)O)C2)csc1C. The van der Waals surface area contributed by atoms with Crippen LogP contribution in [-0.4, -0.2) is 48.1 Å². The molecule has 0 unspecified atom stereocenters. The van der Waals surface area contributed by atoms with E-state index in [-0.39, 0.29) is 18.2 Å². The van der Waals surface area contributed by atoms with Crippen LogP contribution in [0.25, 0.3) is 0 Å². The maximum absolute atomic E-state index is 12.7. The Morgan fingerprint density at radius 1 is 1.52 bits per heavy atom. The van der Waals surface area contributed by atoms with Gasteiger partial charge in [-0.25, -0.2) is 0 Å². The molecular formula is C15H22N2O3S. The quantitative estimate of drug-likeness (QED) is 0.889. The highest BCUT2D eigenvalue weighted by molar-refractivity contribution is 7.10. The van der Waals surface area contributed by atoms with Crippen molar-refractivity contribution in [2.24, 2.45) is 5.92 Å². The van der Waals surface area contributed by atoms with E-state index >= 15 is 0 Å². The van der Waals surface area contributed by atoms with Gasteiger partial charge < -0.3 is 15.3 Å². The van der Waals surface area contributed by atoms with E-state index in [0.29, 0.717) is 26.2 Å². The van der Waals surface area contributed by atoms with Gasteiger partial charge in [-0.1, -0.05) is 6.92 Å². The molecule has 1 aromatic heterocycles. The Kier molecular flexibility index (Phi) is 5.36. The summed E-state index contributed by atoms with van der Waals surface area (Å²) in [7, 11) is 0. The molecule has 2 N–H and O–H groups in total. The summed E-state index contributed by atoms with van der Waals surface area (Å²) < 4.78 is 0. The molecule has 1 atom stereocenters. The number of thiophene rings is 1. The maximum atomic E-state index is 12.7. The summed E-state index contributed by atoms with van der Waals surface area (Å²) in [6.07, 6.45) is 0.946. The first kappa shape index (κ1) is 16.0. The van der Waals surface area contributed by atoms with Crippen molar-refractivity contribution in [1.29, 1.82) is 0 Å². The summed E-state index contributed by atoms with van der Waals surface area (Å²) in [5.74, 6) is -0.800. The molecule has 1 amide bonds. The Morgan fingerprint density at radius 3 is 2.95 bits per heavy atom. The number of aliphatic carboxylic acids is 1. The van der Waals surface area contributed by atoms with Crippen molar-refractivity contribution in [3.8, 4) is 0 Å². The number of carboxylic acid groups (broad SMARTS) is 1. The minimum atomic E-state index is -0.809. The van der Waals surface area contributed by atoms with E-state index in [1.54, 1.807) is 16.2 Å². The largest absolute Gasteiger partial charge is 0.481 e. The number of nitrogens with one attached hydrogen (secondary N) is 1. The van der Waals surface area contributed by atoms with Crippen molar-refractivity contribution in [1.82, 2.24) is 10.2 Å². The molecule has 21 heavy (non-hydrogen) atoms. The zero-order valence-corrected chi connectivity index (χ0v) is 13.3. The zero-order valence-electron chi connectivity index (χ0n) is 12.5. The number of carbonyl (C=O) groups is 2. The summed E-state index contributed by atoms with van der Waals surface area (Å²) in [6, 6.07) is 0. The molecule has 1 aromatic rings. The highest BCUT2D eigenvalue weighted by Gasteiger charge is 2.26.